The second-order valence-corrected chi connectivity index (χ2v) is 10.5. The van der Waals surface area contributed by atoms with E-state index in [1.54, 1.807) is 5.56 Å². The zero-order valence-electron chi connectivity index (χ0n) is 20.4. The summed E-state index contributed by atoms with van der Waals surface area (Å²) in [4.78, 5) is 6.52. The van der Waals surface area contributed by atoms with Crippen molar-refractivity contribution in [1.29, 1.82) is 0 Å². The number of piperidine rings is 1. The predicted octanol–water partition coefficient (Wildman–Crippen LogP) is 8.03. The lowest BCUT2D eigenvalue weighted by atomic mass is 9.83. The summed E-state index contributed by atoms with van der Waals surface area (Å²) in [5, 5.41) is 1.43. The summed E-state index contributed by atoms with van der Waals surface area (Å²) in [6, 6.07) is 7.25. The maximum Gasteiger partial charge on any atom is 0.0496 e. The van der Waals surface area contributed by atoms with Crippen molar-refractivity contribution >= 4 is 16.5 Å². The molecule has 4 rings (SSSR count). The predicted molar refractivity (Wildman–Crippen MR) is 136 cm³/mol. The van der Waals surface area contributed by atoms with Crippen LogP contribution in [0.25, 0.3) is 16.5 Å². The van der Waals surface area contributed by atoms with Gasteiger partial charge in [0.25, 0.3) is 0 Å². The fraction of sp³-hybridized carbons (Fsp3) is 0.586. The van der Waals surface area contributed by atoms with Gasteiger partial charge >= 0.3 is 0 Å². The fourth-order valence-electron chi connectivity index (χ4n) is 5.57. The Morgan fingerprint density at radius 3 is 2.45 bits per heavy atom. The summed E-state index contributed by atoms with van der Waals surface area (Å²) in [5.74, 6) is 2.20. The van der Waals surface area contributed by atoms with Gasteiger partial charge < -0.3 is 9.88 Å². The molecular weight excluding hydrogens is 376 g/mol. The Bertz CT molecular complexity index is 943. The molecule has 1 saturated carbocycles. The van der Waals surface area contributed by atoms with Gasteiger partial charge in [0.2, 0.25) is 0 Å². The number of hydrogen-bond donors (Lipinski definition) is 1. The molecule has 1 N–H and O–H groups in total. The minimum atomic E-state index is 0.495. The highest BCUT2D eigenvalue weighted by Crippen LogP contribution is 2.38. The number of fused-ring (bicyclic) bond motifs is 1. The topological polar surface area (TPSA) is 19.0 Å². The molecule has 1 aliphatic heterocycles. The quantitative estimate of drug-likeness (QED) is 0.451. The highest BCUT2D eigenvalue weighted by Gasteiger charge is 2.26. The monoisotopic (exact) mass is 418 g/mol. The van der Waals surface area contributed by atoms with Gasteiger partial charge in [0.15, 0.2) is 0 Å². The molecular formula is C29H42N2. The normalized spacial score (nSPS) is 19.2. The van der Waals surface area contributed by atoms with E-state index in [-0.39, 0.29) is 0 Å². The van der Waals surface area contributed by atoms with E-state index in [2.05, 4.69) is 74.9 Å². The van der Waals surface area contributed by atoms with Crippen molar-refractivity contribution < 1.29 is 0 Å². The van der Waals surface area contributed by atoms with E-state index in [0.717, 1.165) is 12.3 Å². The zero-order valence-corrected chi connectivity index (χ0v) is 20.4. The first-order chi connectivity index (χ1) is 15.0. The number of H-pyrrole nitrogens is 1. The minimum Gasteiger partial charge on any atom is -0.354 e. The molecule has 2 aromatic rings. The van der Waals surface area contributed by atoms with Gasteiger partial charge in [-0.1, -0.05) is 51.0 Å². The molecule has 31 heavy (non-hydrogen) atoms. The Kier molecular flexibility index (Phi) is 7.06. The van der Waals surface area contributed by atoms with E-state index in [1.807, 2.05) is 0 Å². The zero-order chi connectivity index (χ0) is 22.0. The van der Waals surface area contributed by atoms with Gasteiger partial charge in [-0.3, -0.25) is 0 Å². The standard InChI is InChI=1S/C29H42N2/c1-6-8-25(17-20(2)3)29-28(21(4)5)26-18-24(11-12-27(26)30-29)23-13-15-31(16-14-23)19-22-9-7-10-22/h8,11-12,17-18,21-23,30H,6-7,9-10,13-16,19H2,1-5H3/b25-8+. The molecule has 168 valence electrons. The van der Waals surface area contributed by atoms with Gasteiger partial charge in [0, 0.05) is 23.1 Å². The lowest BCUT2D eigenvalue weighted by Crippen LogP contribution is -2.38. The van der Waals surface area contributed by atoms with Crippen molar-refractivity contribution in [3.05, 3.63) is 52.7 Å². The van der Waals surface area contributed by atoms with Crippen molar-refractivity contribution in [1.82, 2.24) is 9.88 Å². The molecule has 0 amide bonds. The van der Waals surface area contributed by atoms with Crippen LogP contribution in [0.15, 0.2) is 35.9 Å². The Morgan fingerprint density at radius 2 is 1.87 bits per heavy atom. The number of allylic oxidation sites excluding steroid dienone is 4. The van der Waals surface area contributed by atoms with E-state index in [1.165, 1.54) is 85.0 Å². The van der Waals surface area contributed by atoms with Crippen LogP contribution >= 0.6 is 0 Å². The van der Waals surface area contributed by atoms with Crippen LogP contribution in [-0.2, 0) is 0 Å². The van der Waals surface area contributed by atoms with Crippen LogP contribution in [-0.4, -0.2) is 29.5 Å². The van der Waals surface area contributed by atoms with Crippen LogP contribution in [0.2, 0.25) is 0 Å². The smallest absolute Gasteiger partial charge is 0.0496 e. The molecule has 2 aliphatic rings. The first-order valence-electron chi connectivity index (χ1n) is 12.7. The molecule has 1 aromatic heterocycles. The molecule has 0 radical (unpaired) electrons. The fourth-order valence-corrected chi connectivity index (χ4v) is 5.57. The number of rotatable bonds is 7. The average Bonchev–Trinajstić information content (AvgIpc) is 3.09. The lowest BCUT2D eigenvalue weighted by Gasteiger charge is -2.37. The van der Waals surface area contributed by atoms with Crippen LogP contribution in [0.4, 0.5) is 0 Å². The first kappa shape index (κ1) is 22.4. The molecule has 2 nitrogen and oxygen atoms in total. The first-order valence-corrected chi connectivity index (χ1v) is 12.7. The summed E-state index contributed by atoms with van der Waals surface area (Å²) in [6.07, 6.45) is 12.8. The Balaban J connectivity index is 1.60. The molecule has 0 bridgehead atoms. The molecule has 1 aliphatic carbocycles. The Hall–Kier alpha value is -1.80. The maximum absolute atomic E-state index is 3.79. The van der Waals surface area contributed by atoms with Crippen LogP contribution in [0, 0.1) is 5.92 Å². The second kappa shape index (κ2) is 9.77. The van der Waals surface area contributed by atoms with Crippen molar-refractivity contribution in [2.75, 3.05) is 19.6 Å². The van der Waals surface area contributed by atoms with Crippen LogP contribution in [0.1, 0.15) is 102 Å². The van der Waals surface area contributed by atoms with E-state index in [9.17, 15) is 0 Å². The maximum atomic E-state index is 3.79. The molecule has 1 saturated heterocycles. The molecule has 1 aromatic carbocycles. The molecule has 2 heteroatoms. The number of aromatic nitrogens is 1. The van der Waals surface area contributed by atoms with Crippen molar-refractivity contribution in [3.8, 4) is 0 Å². The average molecular weight is 419 g/mol. The summed E-state index contributed by atoms with van der Waals surface area (Å²) in [6.45, 7) is 15.2. The Morgan fingerprint density at radius 1 is 1.13 bits per heavy atom. The van der Waals surface area contributed by atoms with Crippen LogP contribution < -0.4 is 0 Å². The Labute approximate surface area is 189 Å². The highest BCUT2D eigenvalue weighted by atomic mass is 15.1. The van der Waals surface area contributed by atoms with Gasteiger partial charge in [0.05, 0.1) is 0 Å². The number of hydrogen-bond acceptors (Lipinski definition) is 1. The van der Waals surface area contributed by atoms with Crippen molar-refractivity contribution in [2.24, 2.45) is 5.92 Å². The number of benzene rings is 1. The van der Waals surface area contributed by atoms with Crippen molar-refractivity contribution in [2.45, 2.75) is 85.0 Å². The third-order valence-corrected chi connectivity index (χ3v) is 7.40. The third kappa shape index (κ3) is 5.00. The molecule has 2 heterocycles. The largest absolute Gasteiger partial charge is 0.354 e. The summed E-state index contributed by atoms with van der Waals surface area (Å²) in [7, 11) is 0. The third-order valence-electron chi connectivity index (χ3n) is 7.40. The minimum absolute atomic E-state index is 0.495. The summed E-state index contributed by atoms with van der Waals surface area (Å²) in [5.41, 5.74) is 8.33. The second-order valence-electron chi connectivity index (χ2n) is 10.5. The van der Waals surface area contributed by atoms with Crippen molar-refractivity contribution in [3.63, 3.8) is 0 Å². The summed E-state index contributed by atoms with van der Waals surface area (Å²) < 4.78 is 0. The van der Waals surface area contributed by atoms with E-state index in [0.29, 0.717) is 11.8 Å². The van der Waals surface area contributed by atoms with E-state index in [4.69, 9.17) is 0 Å². The van der Waals surface area contributed by atoms with E-state index < -0.39 is 0 Å². The molecule has 0 spiro atoms. The van der Waals surface area contributed by atoms with Gasteiger partial charge in [-0.15, -0.1) is 0 Å². The summed E-state index contributed by atoms with van der Waals surface area (Å²) >= 11 is 0. The number of nitrogens with zero attached hydrogens (tertiary/aromatic N) is 1. The van der Waals surface area contributed by atoms with E-state index >= 15 is 0 Å². The molecule has 0 atom stereocenters. The van der Waals surface area contributed by atoms with Crippen LogP contribution in [0.5, 0.6) is 0 Å². The SMILES string of the molecule is CC/C=C(\C=C(C)C)c1[nH]c2ccc(C3CCN(CC4CCC4)CC3)cc2c1C(C)C. The number of aromatic amines is 1. The highest BCUT2D eigenvalue weighted by molar-refractivity contribution is 5.92. The number of nitrogens with one attached hydrogen (secondary N) is 1. The van der Waals surface area contributed by atoms with Gasteiger partial charge in [-0.25, -0.2) is 0 Å². The van der Waals surface area contributed by atoms with Gasteiger partial charge in [-0.2, -0.15) is 0 Å². The van der Waals surface area contributed by atoms with Gasteiger partial charge in [-0.05, 0) is 106 Å². The molecule has 0 unspecified atom stereocenters. The molecule has 2 fully saturated rings. The number of likely N-dealkylation sites (tertiary alicyclic amines) is 1. The lowest BCUT2D eigenvalue weighted by molar-refractivity contribution is 0.147. The van der Waals surface area contributed by atoms with Crippen LogP contribution in [0.3, 0.4) is 0 Å². The van der Waals surface area contributed by atoms with Gasteiger partial charge in [0.1, 0.15) is 0 Å².